The van der Waals surface area contributed by atoms with Crippen molar-refractivity contribution in [3.63, 3.8) is 0 Å². The summed E-state index contributed by atoms with van der Waals surface area (Å²) >= 11 is 0. The van der Waals surface area contributed by atoms with Crippen LogP contribution in [-0.4, -0.2) is 46.0 Å². The smallest absolute Gasteiger partial charge is 0.214 e. The van der Waals surface area contributed by atoms with E-state index in [0.717, 1.165) is 25.9 Å². The van der Waals surface area contributed by atoms with Crippen molar-refractivity contribution in [2.24, 2.45) is 0 Å². The number of sulfonamides is 1. The lowest BCUT2D eigenvalue weighted by molar-refractivity contribution is 0.0980. The van der Waals surface area contributed by atoms with Crippen LogP contribution in [0.3, 0.4) is 0 Å². The maximum atomic E-state index is 12.1. The number of piperidine rings is 1. The van der Waals surface area contributed by atoms with Crippen molar-refractivity contribution in [3.05, 3.63) is 0 Å². The van der Waals surface area contributed by atoms with E-state index in [1.54, 1.807) is 0 Å². The van der Waals surface area contributed by atoms with E-state index in [2.05, 4.69) is 10.0 Å². The number of ether oxygens (including phenoxy) is 1. The second-order valence-electron chi connectivity index (χ2n) is 4.52. The van der Waals surface area contributed by atoms with Crippen LogP contribution in [-0.2, 0) is 14.8 Å². The van der Waals surface area contributed by atoms with Gasteiger partial charge >= 0.3 is 0 Å². The predicted molar refractivity (Wildman–Crippen MR) is 61.8 cm³/mol. The van der Waals surface area contributed by atoms with Gasteiger partial charge in [-0.1, -0.05) is 0 Å². The van der Waals surface area contributed by atoms with Gasteiger partial charge in [0.15, 0.2) is 0 Å². The van der Waals surface area contributed by atoms with Gasteiger partial charge in [0.25, 0.3) is 0 Å². The van der Waals surface area contributed by atoms with Gasteiger partial charge in [-0.05, 0) is 32.2 Å². The van der Waals surface area contributed by atoms with E-state index < -0.39 is 10.0 Å². The molecule has 2 rings (SSSR count). The van der Waals surface area contributed by atoms with Crippen LogP contribution in [0.25, 0.3) is 0 Å². The average molecular weight is 248 g/mol. The highest BCUT2D eigenvalue weighted by molar-refractivity contribution is 7.90. The maximum absolute atomic E-state index is 12.1. The van der Waals surface area contributed by atoms with Crippen LogP contribution in [0.5, 0.6) is 0 Å². The molecule has 0 spiro atoms. The molecular formula is C10H20N2O3S. The van der Waals surface area contributed by atoms with Crippen LogP contribution in [0.4, 0.5) is 0 Å². The molecule has 2 saturated heterocycles. The van der Waals surface area contributed by atoms with Crippen molar-refractivity contribution >= 4 is 10.0 Å². The van der Waals surface area contributed by atoms with Gasteiger partial charge in [-0.2, -0.15) is 0 Å². The Morgan fingerprint density at radius 1 is 1.19 bits per heavy atom. The van der Waals surface area contributed by atoms with E-state index in [9.17, 15) is 8.42 Å². The van der Waals surface area contributed by atoms with E-state index in [0.29, 0.717) is 26.1 Å². The van der Waals surface area contributed by atoms with Crippen molar-refractivity contribution in [3.8, 4) is 0 Å². The molecule has 16 heavy (non-hydrogen) atoms. The highest BCUT2D eigenvalue weighted by Gasteiger charge is 2.30. The first-order valence-electron chi connectivity index (χ1n) is 5.98. The second kappa shape index (κ2) is 5.44. The van der Waals surface area contributed by atoms with Crippen molar-refractivity contribution in [1.82, 2.24) is 10.0 Å². The molecule has 6 heteroatoms. The molecule has 2 heterocycles. The van der Waals surface area contributed by atoms with Gasteiger partial charge < -0.3 is 10.1 Å². The monoisotopic (exact) mass is 248 g/mol. The number of rotatable bonds is 3. The summed E-state index contributed by atoms with van der Waals surface area (Å²) in [5, 5.41) is 2.95. The highest BCUT2D eigenvalue weighted by Crippen LogP contribution is 2.16. The van der Waals surface area contributed by atoms with Gasteiger partial charge in [-0.3, -0.25) is 0 Å². The molecule has 0 aromatic rings. The summed E-state index contributed by atoms with van der Waals surface area (Å²) in [6.45, 7) is 2.88. The van der Waals surface area contributed by atoms with Crippen molar-refractivity contribution in [2.45, 2.75) is 37.0 Å². The molecule has 0 unspecified atom stereocenters. The summed E-state index contributed by atoms with van der Waals surface area (Å²) in [6, 6.07) is 0.0709. The normalized spacial score (nSPS) is 29.1. The average Bonchev–Trinajstić information content (AvgIpc) is 2.31. The van der Waals surface area contributed by atoms with E-state index in [1.165, 1.54) is 0 Å². The van der Waals surface area contributed by atoms with Crippen LogP contribution in [0.1, 0.15) is 25.7 Å². The summed E-state index contributed by atoms with van der Waals surface area (Å²) < 4.78 is 32.1. The Bertz CT molecular complexity index is 306. The summed E-state index contributed by atoms with van der Waals surface area (Å²) in [4.78, 5) is 0. The molecule has 0 aromatic heterocycles. The van der Waals surface area contributed by atoms with E-state index >= 15 is 0 Å². The zero-order valence-electron chi connectivity index (χ0n) is 9.44. The van der Waals surface area contributed by atoms with Gasteiger partial charge in [0, 0.05) is 25.8 Å². The highest BCUT2D eigenvalue weighted by atomic mass is 32.2. The maximum Gasteiger partial charge on any atom is 0.214 e. The lowest BCUT2D eigenvalue weighted by Crippen LogP contribution is -2.49. The Morgan fingerprint density at radius 2 is 1.94 bits per heavy atom. The zero-order valence-corrected chi connectivity index (χ0v) is 10.3. The fourth-order valence-corrected chi connectivity index (χ4v) is 3.94. The molecule has 2 N–H and O–H groups in total. The summed E-state index contributed by atoms with van der Waals surface area (Å²) in [5.41, 5.74) is 0. The standard InChI is InChI=1S/C10H20N2O3S/c13-16(14,10-3-6-15-7-4-10)12-9-2-1-5-11-8-9/h9-12H,1-8H2/t9-/m1/s1. The predicted octanol–water partition coefficient (Wildman–Crippen LogP) is -0.163. The third kappa shape index (κ3) is 3.16. The fourth-order valence-electron chi connectivity index (χ4n) is 2.27. The molecule has 1 atom stereocenters. The molecule has 2 aliphatic rings. The molecule has 0 saturated carbocycles. The molecule has 0 aromatic carbocycles. The van der Waals surface area contributed by atoms with Crippen molar-refractivity contribution < 1.29 is 13.2 Å². The molecule has 0 aliphatic carbocycles. The zero-order chi connectivity index (χ0) is 11.4. The Hall–Kier alpha value is -0.170. The number of hydrogen-bond acceptors (Lipinski definition) is 4. The van der Waals surface area contributed by atoms with Crippen molar-refractivity contribution in [2.75, 3.05) is 26.3 Å². The third-order valence-electron chi connectivity index (χ3n) is 3.23. The van der Waals surface area contributed by atoms with Crippen LogP contribution < -0.4 is 10.0 Å². The first-order valence-corrected chi connectivity index (χ1v) is 7.53. The topological polar surface area (TPSA) is 67.4 Å². The Morgan fingerprint density at radius 3 is 2.56 bits per heavy atom. The Labute approximate surface area is 97.0 Å². The molecule has 94 valence electrons. The van der Waals surface area contributed by atoms with E-state index in [1.807, 2.05) is 0 Å². The third-order valence-corrected chi connectivity index (χ3v) is 5.25. The molecule has 0 radical (unpaired) electrons. The molecule has 0 bridgehead atoms. The lowest BCUT2D eigenvalue weighted by Gasteiger charge is -2.28. The summed E-state index contributed by atoms with van der Waals surface area (Å²) in [5.74, 6) is 0. The van der Waals surface area contributed by atoms with Crippen LogP contribution in [0.15, 0.2) is 0 Å². The minimum Gasteiger partial charge on any atom is -0.381 e. The molecule has 5 nitrogen and oxygen atoms in total. The van der Waals surface area contributed by atoms with Gasteiger partial charge in [0.05, 0.1) is 5.25 Å². The van der Waals surface area contributed by atoms with Crippen molar-refractivity contribution in [1.29, 1.82) is 0 Å². The van der Waals surface area contributed by atoms with Crippen LogP contribution >= 0.6 is 0 Å². The van der Waals surface area contributed by atoms with Gasteiger partial charge in [-0.15, -0.1) is 0 Å². The van der Waals surface area contributed by atoms with E-state index in [4.69, 9.17) is 4.74 Å². The number of hydrogen-bond donors (Lipinski definition) is 2. The SMILES string of the molecule is O=S(=O)(N[C@@H]1CCCNC1)C1CCOCC1. The summed E-state index contributed by atoms with van der Waals surface area (Å²) in [6.07, 6.45) is 3.22. The lowest BCUT2D eigenvalue weighted by atomic mass is 10.1. The van der Waals surface area contributed by atoms with Gasteiger partial charge in [0.2, 0.25) is 10.0 Å². The minimum atomic E-state index is -3.15. The first-order chi connectivity index (χ1) is 7.68. The van der Waals surface area contributed by atoms with Gasteiger partial charge in [0.1, 0.15) is 0 Å². The number of nitrogens with one attached hydrogen (secondary N) is 2. The van der Waals surface area contributed by atoms with Crippen LogP contribution in [0, 0.1) is 0 Å². The largest absolute Gasteiger partial charge is 0.381 e. The second-order valence-corrected chi connectivity index (χ2v) is 6.51. The quantitative estimate of drug-likeness (QED) is 0.728. The molecule has 2 aliphatic heterocycles. The first kappa shape index (κ1) is 12.3. The molecule has 2 fully saturated rings. The van der Waals surface area contributed by atoms with Crippen LogP contribution in [0.2, 0.25) is 0 Å². The Kier molecular flexibility index (Phi) is 4.18. The van der Waals surface area contributed by atoms with Gasteiger partial charge in [-0.25, -0.2) is 13.1 Å². The summed E-state index contributed by atoms with van der Waals surface area (Å²) in [7, 11) is -3.15. The van der Waals surface area contributed by atoms with E-state index in [-0.39, 0.29) is 11.3 Å². The Balaban J connectivity index is 1.90. The minimum absolute atomic E-state index is 0.0709. The fraction of sp³-hybridized carbons (Fsp3) is 1.00. The molecular weight excluding hydrogens is 228 g/mol. The molecule has 0 amide bonds.